The molecule has 0 amide bonds. The SMILES string of the molecule is CC1(C)c2ccccc2-c2c(-c3nnc(-n4c5cc6ccccc6cc5c5ccc6ccccc6c54)c4ccccc34)cccc21. The van der Waals surface area contributed by atoms with Crippen molar-refractivity contribution in [2.75, 3.05) is 0 Å². The molecule has 0 N–H and O–H groups in total. The highest BCUT2D eigenvalue weighted by molar-refractivity contribution is 6.21. The van der Waals surface area contributed by atoms with E-state index in [1.165, 1.54) is 54.6 Å². The van der Waals surface area contributed by atoms with Crippen LogP contribution in [0.5, 0.6) is 0 Å². The molecule has 2 heterocycles. The van der Waals surface area contributed by atoms with E-state index in [2.05, 4.69) is 158 Å². The maximum absolute atomic E-state index is 5.14. The molecule has 2 aromatic heterocycles. The van der Waals surface area contributed by atoms with Gasteiger partial charge in [0.05, 0.1) is 11.0 Å². The lowest BCUT2D eigenvalue weighted by Gasteiger charge is -2.21. The van der Waals surface area contributed by atoms with E-state index in [4.69, 9.17) is 10.2 Å². The van der Waals surface area contributed by atoms with Gasteiger partial charge in [-0.2, -0.15) is 0 Å². The van der Waals surface area contributed by atoms with Crippen LogP contribution in [0.3, 0.4) is 0 Å². The second-order valence-corrected chi connectivity index (χ2v) is 13.1. The van der Waals surface area contributed by atoms with Crippen LogP contribution in [0.2, 0.25) is 0 Å². The first-order chi connectivity index (χ1) is 22.6. The van der Waals surface area contributed by atoms with Crippen LogP contribution in [0.25, 0.3) is 82.3 Å². The summed E-state index contributed by atoms with van der Waals surface area (Å²) in [5.74, 6) is 0.847. The normalized spacial score (nSPS) is 13.6. The molecule has 0 saturated heterocycles. The summed E-state index contributed by atoms with van der Waals surface area (Å²) in [6.07, 6.45) is 0. The first-order valence-corrected chi connectivity index (χ1v) is 15.9. The predicted molar refractivity (Wildman–Crippen MR) is 192 cm³/mol. The molecule has 0 fully saturated rings. The molecule has 9 aromatic rings. The van der Waals surface area contributed by atoms with E-state index in [-0.39, 0.29) is 5.41 Å². The molecule has 1 aliphatic rings. The number of rotatable bonds is 2. The zero-order valence-corrected chi connectivity index (χ0v) is 25.6. The van der Waals surface area contributed by atoms with E-state index in [9.17, 15) is 0 Å². The van der Waals surface area contributed by atoms with E-state index in [1.807, 2.05) is 0 Å². The van der Waals surface area contributed by atoms with E-state index in [0.717, 1.165) is 38.9 Å². The molecule has 7 aromatic carbocycles. The molecule has 46 heavy (non-hydrogen) atoms. The average Bonchev–Trinajstić information content (AvgIpc) is 3.55. The van der Waals surface area contributed by atoms with Crippen LogP contribution in [-0.4, -0.2) is 14.8 Å². The second kappa shape index (κ2) is 9.12. The fraction of sp³-hybridized carbons (Fsp3) is 0.0698. The van der Waals surface area contributed by atoms with Crippen molar-refractivity contribution in [2.24, 2.45) is 0 Å². The topological polar surface area (TPSA) is 30.7 Å². The van der Waals surface area contributed by atoms with Gasteiger partial charge in [-0.1, -0.05) is 141 Å². The smallest absolute Gasteiger partial charge is 0.168 e. The lowest BCUT2D eigenvalue weighted by molar-refractivity contribution is 0.660. The van der Waals surface area contributed by atoms with Gasteiger partial charge in [-0.25, -0.2) is 0 Å². The van der Waals surface area contributed by atoms with Crippen molar-refractivity contribution in [3.63, 3.8) is 0 Å². The third-order valence-corrected chi connectivity index (χ3v) is 10.3. The monoisotopic (exact) mass is 587 g/mol. The van der Waals surface area contributed by atoms with Gasteiger partial charge in [0.2, 0.25) is 0 Å². The van der Waals surface area contributed by atoms with E-state index >= 15 is 0 Å². The molecule has 0 saturated carbocycles. The minimum atomic E-state index is -0.0854. The molecule has 0 radical (unpaired) electrons. The molecule has 1 aliphatic carbocycles. The van der Waals surface area contributed by atoms with Crippen molar-refractivity contribution in [2.45, 2.75) is 19.3 Å². The lowest BCUT2D eigenvalue weighted by Crippen LogP contribution is -2.14. The quantitative estimate of drug-likeness (QED) is 0.201. The van der Waals surface area contributed by atoms with Gasteiger partial charge in [0.1, 0.15) is 5.69 Å². The van der Waals surface area contributed by atoms with Gasteiger partial charge in [0.25, 0.3) is 0 Å². The molecule has 0 unspecified atom stereocenters. The highest BCUT2D eigenvalue weighted by Crippen LogP contribution is 2.52. The molecule has 0 bridgehead atoms. The third kappa shape index (κ3) is 3.32. The first kappa shape index (κ1) is 25.5. The van der Waals surface area contributed by atoms with Crippen LogP contribution >= 0.6 is 0 Å². The number of nitrogens with zero attached hydrogens (tertiary/aromatic N) is 3. The van der Waals surface area contributed by atoms with Crippen LogP contribution in [0.1, 0.15) is 25.0 Å². The number of aromatic nitrogens is 3. The zero-order chi connectivity index (χ0) is 30.6. The predicted octanol–water partition coefficient (Wildman–Crippen LogP) is 11.0. The van der Waals surface area contributed by atoms with Crippen LogP contribution < -0.4 is 0 Å². The Bertz CT molecular complexity index is 2730. The molecule has 3 heteroatoms. The summed E-state index contributed by atoms with van der Waals surface area (Å²) in [4.78, 5) is 0. The summed E-state index contributed by atoms with van der Waals surface area (Å²) in [5.41, 5.74) is 9.50. The number of fused-ring (bicyclic) bond motifs is 10. The Kier molecular flexibility index (Phi) is 5.06. The second-order valence-electron chi connectivity index (χ2n) is 13.1. The van der Waals surface area contributed by atoms with Gasteiger partial charge in [-0.3, -0.25) is 4.57 Å². The van der Waals surface area contributed by atoms with Gasteiger partial charge >= 0.3 is 0 Å². The van der Waals surface area contributed by atoms with Crippen LogP contribution in [-0.2, 0) is 5.41 Å². The summed E-state index contributed by atoms with van der Waals surface area (Å²) >= 11 is 0. The van der Waals surface area contributed by atoms with Crippen molar-refractivity contribution in [3.8, 4) is 28.2 Å². The molecule has 10 rings (SSSR count). The van der Waals surface area contributed by atoms with Gasteiger partial charge in [0.15, 0.2) is 5.82 Å². The number of hydrogen-bond acceptors (Lipinski definition) is 2. The van der Waals surface area contributed by atoms with Gasteiger partial charge in [-0.05, 0) is 50.5 Å². The van der Waals surface area contributed by atoms with Crippen molar-refractivity contribution in [3.05, 3.63) is 151 Å². The Morgan fingerprint density at radius 1 is 0.478 bits per heavy atom. The van der Waals surface area contributed by atoms with Gasteiger partial charge < -0.3 is 0 Å². The summed E-state index contributed by atoms with van der Waals surface area (Å²) < 4.78 is 2.35. The van der Waals surface area contributed by atoms with Crippen LogP contribution in [0, 0.1) is 0 Å². The van der Waals surface area contributed by atoms with Crippen molar-refractivity contribution in [1.29, 1.82) is 0 Å². The fourth-order valence-corrected chi connectivity index (χ4v) is 8.09. The Morgan fingerprint density at radius 2 is 1.13 bits per heavy atom. The lowest BCUT2D eigenvalue weighted by atomic mass is 9.82. The first-order valence-electron chi connectivity index (χ1n) is 15.9. The van der Waals surface area contributed by atoms with Crippen molar-refractivity contribution < 1.29 is 0 Å². The van der Waals surface area contributed by atoms with Crippen molar-refractivity contribution >= 4 is 54.1 Å². The van der Waals surface area contributed by atoms with Crippen LogP contribution in [0.4, 0.5) is 0 Å². The minimum Gasteiger partial charge on any atom is -0.291 e. The van der Waals surface area contributed by atoms with E-state index in [0.29, 0.717) is 0 Å². The maximum atomic E-state index is 5.14. The fourth-order valence-electron chi connectivity index (χ4n) is 8.09. The van der Waals surface area contributed by atoms with Crippen molar-refractivity contribution in [1.82, 2.24) is 14.8 Å². The summed E-state index contributed by atoms with van der Waals surface area (Å²) in [6.45, 7) is 4.65. The molecular weight excluding hydrogens is 558 g/mol. The van der Waals surface area contributed by atoms with E-state index < -0.39 is 0 Å². The summed E-state index contributed by atoms with van der Waals surface area (Å²) in [7, 11) is 0. The Labute approximate surface area is 266 Å². The molecular formula is C43H29N3. The summed E-state index contributed by atoms with van der Waals surface area (Å²) in [6, 6.07) is 50.5. The molecule has 216 valence electrons. The highest BCUT2D eigenvalue weighted by Gasteiger charge is 2.37. The molecule has 0 atom stereocenters. The van der Waals surface area contributed by atoms with Gasteiger partial charge in [0, 0.05) is 37.9 Å². The molecule has 3 nitrogen and oxygen atoms in total. The number of benzene rings is 7. The highest BCUT2D eigenvalue weighted by atomic mass is 15.2. The molecule has 0 spiro atoms. The standard InChI is InChI=1S/C43H29N3/c1-43(2)36-20-10-9-18-33(36)39-34(19-11-21-37(39)43)40-30-16-7-8-17-32(30)42(45-44-40)46-38-25-28-14-4-3-13-27(28)24-35(38)31-23-22-26-12-5-6-15-29(26)41(31)46/h3-25H,1-2H3. The summed E-state index contributed by atoms with van der Waals surface area (Å²) in [5, 5.41) is 19.7. The van der Waals surface area contributed by atoms with Crippen LogP contribution in [0.15, 0.2) is 140 Å². The van der Waals surface area contributed by atoms with Gasteiger partial charge in [-0.15, -0.1) is 10.2 Å². The maximum Gasteiger partial charge on any atom is 0.168 e. The Balaban J connectivity index is 1.32. The Morgan fingerprint density at radius 3 is 1.98 bits per heavy atom. The zero-order valence-electron chi connectivity index (χ0n) is 25.6. The third-order valence-electron chi connectivity index (χ3n) is 10.3. The average molecular weight is 588 g/mol. The minimum absolute atomic E-state index is 0.0854. The van der Waals surface area contributed by atoms with E-state index in [1.54, 1.807) is 0 Å². The number of hydrogen-bond donors (Lipinski definition) is 0. The Hall–Kier alpha value is -5.80. The largest absolute Gasteiger partial charge is 0.291 e. The molecule has 0 aliphatic heterocycles.